The SMILES string of the molecule is CCNC(=O)N[C@H](C)[C@@H]1c2cc(OC)c(OC)cc2CC[NH+]1Cc1cccc(F)c1. The van der Waals surface area contributed by atoms with E-state index in [1.165, 1.54) is 16.5 Å². The molecule has 30 heavy (non-hydrogen) atoms. The van der Waals surface area contributed by atoms with Crippen LogP contribution in [0.3, 0.4) is 0 Å². The van der Waals surface area contributed by atoms with Gasteiger partial charge in [0.2, 0.25) is 0 Å². The standard InChI is InChI=1S/C23H30FN3O3/c1-5-25-23(28)26-15(2)22-19-13-21(30-4)20(29-3)12-17(19)9-10-27(22)14-16-7-6-8-18(24)11-16/h6-8,11-13,15,22H,5,9-10,14H2,1-4H3,(H2,25,26,28)/p+1/t15-,22-/m1/s1. The van der Waals surface area contributed by atoms with E-state index < -0.39 is 0 Å². The number of benzene rings is 2. The van der Waals surface area contributed by atoms with Crippen molar-refractivity contribution in [3.05, 3.63) is 58.9 Å². The number of hydrogen-bond donors (Lipinski definition) is 3. The number of amides is 2. The third-order valence-electron chi connectivity index (χ3n) is 5.65. The molecule has 1 aliphatic heterocycles. The highest BCUT2D eigenvalue weighted by atomic mass is 19.1. The lowest BCUT2D eigenvalue weighted by molar-refractivity contribution is -0.948. The van der Waals surface area contributed by atoms with Crippen LogP contribution in [0.1, 0.15) is 36.6 Å². The number of rotatable bonds is 7. The Kier molecular flexibility index (Phi) is 7.15. The van der Waals surface area contributed by atoms with Crippen LogP contribution in [0, 0.1) is 5.82 Å². The molecule has 2 amide bonds. The second kappa shape index (κ2) is 9.80. The summed E-state index contributed by atoms with van der Waals surface area (Å²) in [4.78, 5) is 13.5. The molecule has 0 fully saturated rings. The smallest absolute Gasteiger partial charge is 0.315 e. The van der Waals surface area contributed by atoms with Gasteiger partial charge in [0.25, 0.3) is 0 Å². The molecule has 7 heteroatoms. The van der Waals surface area contributed by atoms with Gasteiger partial charge in [-0.05, 0) is 43.7 Å². The van der Waals surface area contributed by atoms with Gasteiger partial charge in [-0.1, -0.05) is 12.1 Å². The van der Waals surface area contributed by atoms with Gasteiger partial charge in [-0.15, -0.1) is 0 Å². The van der Waals surface area contributed by atoms with Crippen LogP contribution < -0.4 is 25.0 Å². The van der Waals surface area contributed by atoms with E-state index in [4.69, 9.17) is 9.47 Å². The van der Waals surface area contributed by atoms with Crippen molar-refractivity contribution in [1.82, 2.24) is 10.6 Å². The summed E-state index contributed by atoms with van der Waals surface area (Å²) < 4.78 is 24.8. The number of nitrogens with one attached hydrogen (secondary N) is 3. The quantitative estimate of drug-likeness (QED) is 0.649. The fraction of sp³-hybridized carbons (Fsp3) is 0.435. The number of fused-ring (bicyclic) bond motifs is 1. The summed E-state index contributed by atoms with van der Waals surface area (Å²) in [6.45, 7) is 5.99. The second-order valence-electron chi connectivity index (χ2n) is 7.64. The first-order valence-electron chi connectivity index (χ1n) is 10.3. The van der Waals surface area contributed by atoms with Gasteiger partial charge in [-0.2, -0.15) is 0 Å². The molecule has 1 heterocycles. The van der Waals surface area contributed by atoms with E-state index in [1.54, 1.807) is 26.4 Å². The van der Waals surface area contributed by atoms with Crippen molar-refractivity contribution in [2.75, 3.05) is 27.3 Å². The van der Waals surface area contributed by atoms with E-state index in [1.807, 2.05) is 32.0 Å². The third kappa shape index (κ3) is 4.84. The average Bonchev–Trinajstić information content (AvgIpc) is 2.72. The molecule has 3 N–H and O–H groups in total. The van der Waals surface area contributed by atoms with Gasteiger partial charge in [0.15, 0.2) is 11.5 Å². The Morgan fingerprint density at radius 1 is 1.23 bits per heavy atom. The van der Waals surface area contributed by atoms with Crippen molar-refractivity contribution < 1.29 is 23.6 Å². The summed E-state index contributed by atoms with van der Waals surface area (Å²) in [5.41, 5.74) is 3.24. The van der Waals surface area contributed by atoms with Gasteiger partial charge in [0, 0.05) is 24.1 Å². The minimum absolute atomic E-state index is 0.0144. The summed E-state index contributed by atoms with van der Waals surface area (Å²) in [7, 11) is 3.25. The average molecular weight is 417 g/mol. The highest BCUT2D eigenvalue weighted by Gasteiger charge is 2.37. The van der Waals surface area contributed by atoms with Crippen LogP contribution in [0.2, 0.25) is 0 Å². The summed E-state index contributed by atoms with van der Waals surface area (Å²) >= 11 is 0. The Bertz CT molecular complexity index is 890. The second-order valence-corrected chi connectivity index (χ2v) is 7.64. The molecule has 0 radical (unpaired) electrons. The normalized spacial score (nSPS) is 18.8. The summed E-state index contributed by atoms with van der Waals surface area (Å²) in [6.07, 6.45) is 0.866. The number of urea groups is 1. The summed E-state index contributed by atoms with van der Waals surface area (Å²) in [5, 5.41) is 5.87. The first-order valence-corrected chi connectivity index (χ1v) is 10.3. The molecular formula is C23H31FN3O3+. The third-order valence-corrected chi connectivity index (χ3v) is 5.65. The zero-order valence-corrected chi connectivity index (χ0v) is 18.0. The lowest BCUT2D eigenvalue weighted by Gasteiger charge is -2.38. The molecular weight excluding hydrogens is 385 g/mol. The molecule has 0 aliphatic carbocycles. The molecule has 0 spiro atoms. The molecule has 3 rings (SSSR count). The fourth-order valence-electron chi connectivity index (χ4n) is 4.35. The van der Waals surface area contributed by atoms with E-state index in [9.17, 15) is 9.18 Å². The summed E-state index contributed by atoms with van der Waals surface area (Å²) in [6, 6.07) is 10.4. The first-order chi connectivity index (χ1) is 14.5. The Labute approximate surface area is 177 Å². The highest BCUT2D eigenvalue weighted by molar-refractivity contribution is 5.74. The van der Waals surface area contributed by atoms with E-state index >= 15 is 0 Å². The number of carbonyl (C=O) groups is 1. The minimum Gasteiger partial charge on any atom is -0.493 e. The lowest BCUT2D eigenvalue weighted by Crippen LogP contribution is -3.13. The Morgan fingerprint density at radius 3 is 2.63 bits per heavy atom. The first kappa shape index (κ1) is 21.9. The molecule has 1 unspecified atom stereocenters. The van der Waals surface area contributed by atoms with E-state index in [-0.39, 0.29) is 23.9 Å². The van der Waals surface area contributed by atoms with Crippen molar-refractivity contribution in [2.45, 2.75) is 38.9 Å². The predicted molar refractivity (Wildman–Crippen MR) is 114 cm³/mol. The molecule has 6 nitrogen and oxygen atoms in total. The predicted octanol–water partition coefficient (Wildman–Crippen LogP) is 2.23. The molecule has 0 saturated heterocycles. The van der Waals surface area contributed by atoms with E-state index in [0.29, 0.717) is 24.6 Å². The maximum Gasteiger partial charge on any atom is 0.315 e. The minimum atomic E-state index is -0.235. The zero-order chi connectivity index (χ0) is 21.7. The molecule has 162 valence electrons. The highest BCUT2D eigenvalue weighted by Crippen LogP contribution is 2.35. The van der Waals surface area contributed by atoms with Crippen molar-refractivity contribution in [2.24, 2.45) is 0 Å². The van der Waals surface area contributed by atoms with Crippen molar-refractivity contribution in [1.29, 1.82) is 0 Å². The van der Waals surface area contributed by atoms with E-state index in [2.05, 4.69) is 10.6 Å². The van der Waals surface area contributed by atoms with Crippen LogP contribution in [0.15, 0.2) is 36.4 Å². The van der Waals surface area contributed by atoms with Crippen LogP contribution in [0.25, 0.3) is 0 Å². The van der Waals surface area contributed by atoms with Crippen LogP contribution in [0.5, 0.6) is 11.5 Å². The number of carbonyl (C=O) groups excluding carboxylic acids is 1. The number of halogens is 1. The van der Waals surface area contributed by atoms with Gasteiger partial charge in [0.1, 0.15) is 18.4 Å². The van der Waals surface area contributed by atoms with Crippen LogP contribution in [0.4, 0.5) is 9.18 Å². The van der Waals surface area contributed by atoms with Gasteiger partial charge in [-0.25, -0.2) is 9.18 Å². The number of quaternary nitrogens is 1. The van der Waals surface area contributed by atoms with Gasteiger partial charge in [-0.3, -0.25) is 0 Å². The zero-order valence-electron chi connectivity index (χ0n) is 18.0. The molecule has 0 aromatic heterocycles. The maximum absolute atomic E-state index is 13.8. The summed E-state index contributed by atoms with van der Waals surface area (Å²) in [5.74, 6) is 1.13. The topological polar surface area (TPSA) is 64.0 Å². The molecule has 1 aliphatic rings. The monoisotopic (exact) mass is 416 g/mol. The fourth-order valence-corrected chi connectivity index (χ4v) is 4.35. The van der Waals surface area contributed by atoms with Crippen molar-refractivity contribution >= 4 is 6.03 Å². The van der Waals surface area contributed by atoms with Gasteiger partial charge < -0.3 is 25.0 Å². The van der Waals surface area contributed by atoms with E-state index in [0.717, 1.165) is 24.1 Å². The van der Waals surface area contributed by atoms with Crippen LogP contribution >= 0.6 is 0 Å². The van der Waals surface area contributed by atoms with Gasteiger partial charge >= 0.3 is 6.03 Å². The molecule has 2 aromatic rings. The van der Waals surface area contributed by atoms with Crippen LogP contribution in [-0.4, -0.2) is 39.4 Å². The Hall–Kier alpha value is -2.80. The number of ether oxygens (including phenoxy) is 2. The lowest BCUT2D eigenvalue weighted by atomic mass is 9.87. The largest absolute Gasteiger partial charge is 0.493 e. The number of methoxy groups -OCH3 is 2. The maximum atomic E-state index is 13.8. The van der Waals surface area contributed by atoms with Crippen LogP contribution in [-0.2, 0) is 13.0 Å². The van der Waals surface area contributed by atoms with Crippen molar-refractivity contribution in [3.8, 4) is 11.5 Å². The number of hydrogen-bond acceptors (Lipinski definition) is 3. The molecule has 2 aromatic carbocycles. The molecule has 3 atom stereocenters. The molecule has 0 saturated carbocycles. The van der Waals surface area contributed by atoms with Crippen molar-refractivity contribution in [3.63, 3.8) is 0 Å². The Morgan fingerprint density at radius 2 is 1.97 bits per heavy atom. The van der Waals surface area contributed by atoms with Gasteiger partial charge in [0.05, 0.1) is 26.8 Å². The molecule has 0 bridgehead atoms. The Balaban J connectivity index is 1.97.